The van der Waals surface area contributed by atoms with E-state index in [1.165, 1.54) is 0 Å². The van der Waals surface area contributed by atoms with Crippen molar-refractivity contribution in [3.63, 3.8) is 0 Å². The predicted octanol–water partition coefficient (Wildman–Crippen LogP) is 1.57. The molecule has 14 heavy (non-hydrogen) atoms. The standard InChI is InChI=1S/C10H14N2O2/c1-7(2)12-6-10(5-11-12)14-9-3-8(13)4-9/h5-7,9H,3-4H2,1-2H3. The molecular formula is C10H14N2O2. The Balaban J connectivity index is 1.93. The highest BCUT2D eigenvalue weighted by Gasteiger charge is 2.28. The Morgan fingerprint density at radius 1 is 1.57 bits per heavy atom. The van der Waals surface area contributed by atoms with Gasteiger partial charge in [0.2, 0.25) is 0 Å². The summed E-state index contributed by atoms with van der Waals surface area (Å²) in [6.45, 7) is 4.12. The molecule has 1 saturated carbocycles. The molecule has 0 bridgehead atoms. The maximum atomic E-state index is 10.7. The van der Waals surface area contributed by atoms with Crippen molar-refractivity contribution in [3.05, 3.63) is 12.4 Å². The number of rotatable bonds is 3. The average Bonchev–Trinajstić information content (AvgIpc) is 2.50. The molecule has 4 heteroatoms. The molecule has 1 fully saturated rings. The molecule has 1 aromatic rings. The SMILES string of the molecule is CC(C)n1cc(OC2CC(=O)C2)cn1. The van der Waals surface area contributed by atoms with E-state index < -0.39 is 0 Å². The van der Waals surface area contributed by atoms with E-state index in [1.54, 1.807) is 6.20 Å². The van der Waals surface area contributed by atoms with Crippen LogP contribution in [0.25, 0.3) is 0 Å². The normalized spacial score (nSPS) is 17.2. The summed E-state index contributed by atoms with van der Waals surface area (Å²) in [6.07, 6.45) is 4.74. The fraction of sp³-hybridized carbons (Fsp3) is 0.600. The Bertz CT molecular complexity index is 336. The first-order valence-corrected chi connectivity index (χ1v) is 4.87. The Hall–Kier alpha value is -1.32. The number of carbonyl (C=O) groups excluding carboxylic acids is 1. The molecule has 0 aliphatic heterocycles. The molecular weight excluding hydrogens is 180 g/mol. The van der Waals surface area contributed by atoms with Crippen molar-refractivity contribution in [1.29, 1.82) is 0 Å². The highest BCUT2D eigenvalue weighted by Crippen LogP contribution is 2.22. The second-order valence-corrected chi connectivity index (χ2v) is 3.94. The van der Waals surface area contributed by atoms with Crippen LogP contribution < -0.4 is 4.74 Å². The van der Waals surface area contributed by atoms with Crippen molar-refractivity contribution >= 4 is 5.78 Å². The molecule has 1 aliphatic rings. The lowest BCUT2D eigenvalue weighted by atomic mass is 9.94. The van der Waals surface area contributed by atoms with Crippen molar-refractivity contribution in [2.75, 3.05) is 0 Å². The van der Waals surface area contributed by atoms with Crippen LogP contribution in [-0.4, -0.2) is 21.7 Å². The molecule has 0 spiro atoms. The van der Waals surface area contributed by atoms with Crippen molar-refractivity contribution in [3.8, 4) is 5.75 Å². The minimum Gasteiger partial charge on any atom is -0.486 e. The van der Waals surface area contributed by atoms with Crippen LogP contribution in [0.5, 0.6) is 5.75 Å². The summed E-state index contributed by atoms with van der Waals surface area (Å²) >= 11 is 0. The van der Waals surface area contributed by atoms with E-state index in [1.807, 2.05) is 10.9 Å². The largest absolute Gasteiger partial charge is 0.486 e. The average molecular weight is 194 g/mol. The minimum atomic E-state index is 0.0762. The van der Waals surface area contributed by atoms with E-state index in [2.05, 4.69) is 18.9 Å². The third kappa shape index (κ3) is 1.78. The number of hydrogen-bond donors (Lipinski definition) is 0. The third-order valence-corrected chi connectivity index (χ3v) is 2.32. The van der Waals surface area contributed by atoms with Crippen LogP contribution in [0.15, 0.2) is 12.4 Å². The van der Waals surface area contributed by atoms with Gasteiger partial charge in [-0.15, -0.1) is 0 Å². The summed E-state index contributed by atoms with van der Waals surface area (Å²) in [7, 11) is 0. The molecule has 1 aromatic heterocycles. The first-order valence-electron chi connectivity index (χ1n) is 4.87. The zero-order valence-corrected chi connectivity index (χ0v) is 8.43. The van der Waals surface area contributed by atoms with Crippen molar-refractivity contribution in [2.24, 2.45) is 0 Å². The van der Waals surface area contributed by atoms with Crippen LogP contribution in [0.4, 0.5) is 0 Å². The summed E-state index contributed by atoms with van der Waals surface area (Å²) in [5.74, 6) is 1.04. The lowest BCUT2D eigenvalue weighted by molar-refractivity contribution is -0.129. The second kappa shape index (κ2) is 3.44. The van der Waals surface area contributed by atoms with Crippen LogP contribution >= 0.6 is 0 Å². The maximum absolute atomic E-state index is 10.7. The van der Waals surface area contributed by atoms with E-state index in [4.69, 9.17) is 4.74 Å². The Labute approximate surface area is 82.9 Å². The van der Waals surface area contributed by atoms with Gasteiger partial charge in [0, 0.05) is 18.9 Å². The predicted molar refractivity (Wildman–Crippen MR) is 51.3 cm³/mol. The van der Waals surface area contributed by atoms with Crippen LogP contribution in [0.3, 0.4) is 0 Å². The fourth-order valence-electron chi connectivity index (χ4n) is 1.39. The second-order valence-electron chi connectivity index (χ2n) is 3.94. The van der Waals surface area contributed by atoms with Gasteiger partial charge in [-0.25, -0.2) is 0 Å². The monoisotopic (exact) mass is 194 g/mol. The summed E-state index contributed by atoms with van der Waals surface area (Å²) in [5, 5.41) is 4.15. The Morgan fingerprint density at radius 3 is 2.79 bits per heavy atom. The number of nitrogens with zero attached hydrogens (tertiary/aromatic N) is 2. The summed E-state index contributed by atoms with van der Waals surface area (Å²) in [4.78, 5) is 10.7. The van der Waals surface area contributed by atoms with E-state index in [0.717, 1.165) is 5.75 Å². The van der Waals surface area contributed by atoms with Gasteiger partial charge in [-0.3, -0.25) is 9.48 Å². The lowest BCUT2D eigenvalue weighted by Crippen LogP contribution is -2.33. The summed E-state index contributed by atoms with van der Waals surface area (Å²) < 4.78 is 7.39. The molecule has 0 N–H and O–H groups in total. The topological polar surface area (TPSA) is 44.1 Å². The van der Waals surface area contributed by atoms with Gasteiger partial charge in [0.1, 0.15) is 11.9 Å². The Kier molecular flexibility index (Phi) is 2.27. The van der Waals surface area contributed by atoms with Crippen molar-refractivity contribution < 1.29 is 9.53 Å². The molecule has 4 nitrogen and oxygen atoms in total. The molecule has 76 valence electrons. The van der Waals surface area contributed by atoms with Gasteiger partial charge >= 0.3 is 0 Å². The van der Waals surface area contributed by atoms with E-state index in [9.17, 15) is 4.79 Å². The molecule has 2 rings (SSSR count). The van der Waals surface area contributed by atoms with Gasteiger partial charge in [0.25, 0.3) is 0 Å². The van der Waals surface area contributed by atoms with Gasteiger partial charge in [-0.1, -0.05) is 0 Å². The van der Waals surface area contributed by atoms with Crippen LogP contribution in [0.2, 0.25) is 0 Å². The smallest absolute Gasteiger partial charge is 0.157 e. The molecule has 0 unspecified atom stereocenters. The fourth-order valence-corrected chi connectivity index (χ4v) is 1.39. The number of ether oxygens (including phenoxy) is 1. The maximum Gasteiger partial charge on any atom is 0.157 e. The van der Waals surface area contributed by atoms with E-state index in [0.29, 0.717) is 18.9 Å². The first-order chi connectivity index (χ1) is 6.65. The van der Waals surface area contributed by atoms with E-state index in [-0.39, 0.29) is 11.9 Å². The Morgan fingerprint density at radius 2 is 2.29 bits per heavy atom. The van der Waals surface area contributed by atoms with Crippen molar-refractivity contribution in [1.82, 2.24) is 9.78 Å². The number of Topliss-reactive ketones (excluding diaryl/α,β-unsaturated/α-hetero) is 1. The molecule has 0 radical (unpaired) electrons. The number of aromatic nitrogens is 2. The minimum absolute atomic E-state index is 0.0762. The zero-order chi connectivity index (χ0) is 10.1. The van der Waals surface area contributed by atoms with Gasteiger partial charge in [-0.05, 0) is 13.8 Å². The van der Waals surface area contributed by atoms with Gasteiger partial charge in [-0.2, -0.15) is 5.10 Å². The third-order valence-electron chi connectivity index (χ3n) is 2.32. The van der Waals surface area contributed by atoms with Crippen LogP contribution in [-0.2, 0) is 4.79 Å². The zero-order valence-electron chi connectivity index (χ0n) is 8.43. The number of ketones is 1. The summed E-state index contributed by atoms with van der Waals surface area (Å²) in [6, 6.07) is 0.343. The first kappa shape index (κ1) is 9.24. The number of carbonyl (C=O) groups is 1. The molecule has 1 heterocycles. The van der Waals surface area contributed by atoms with Gasteiger partial charge < -0.3 is 4.74 Å². The molecule has 0 atom stereocenters. The van der Waals surface area contributed by atoms with Gasteiger partial charge in [0.15, 0.2) is 5.75 Å². The van der Waals surface area contributed by atoms with Crippen LogP contribution in [0.1, 0.15) is 32.7 Å². The highest BCUT2D eigenvalue weighted by molar-refractivity contribution is 5.85. The molecule has 0 amide bonds. The van der Waals surface area contributed by atoms with Crippen LogP contribution in [0, 0.1) is 0 Å². The van der Waals surface area contributed by atoms with E-state index >= 15 is 0 Å². The molecule has 0 aromatic carbocycles. The quantitative estimate of drug-likeness (QED) is 0.733. The molecule has 1 aliphatic carbocycles. The van der Waals surface area contributed by atoms with Crippen molar-refractivity contribution in [2.45, 2.75) is 38.8 Å². The number of hydrogen-bond acceptors (Lipinski definition) is 3. The van der Waals surface area contributed by atoms with Gasteiger partial charge in [0.05, 0.1) is 12.4 Å². The highest BCUT2D eigenvalue weighted by atomic mass is 16.5. The molecule has 0 saturated heterocycles. The summed E-state index contributed by atoms with van der Waals surface area (Å²) in [5.41, 5.74) is 0. The lowest BCUT2D eigenvalue weighted by Gasteiger charge is -2.24.